The molecule has 0 aliphatic carbocycles. The van der Waals surface area contributed by atoms with Gasteiger partial charge in [0.2, 0.25) is 0 Å². The summed E-state index contributed by atoms with van der Waals surface area (Å²) in [6.45, 7) is 8.91. The van der Waals surface area contributed by atoms with Gasteiger partial charge >= 0.3 is 0 Å². The Balaban J connectivity index is 2.95. The van der Waals surface area contributed by atoms with Gasteiger partial charge in [-0.2, -0.15) is 0 Å². The van der Waals surface area contributed by atoms with E-state index in [1.54, 1.807) is 7.11 Å². The van der Waals surface area contributed by atoms with Crippen molar-refractivity contribution in [3.8, 4) is 17.2 Å². The summed E-state index contributed by atoms with van der Waals surface area (Å²) in [6, 6.07) is 8.09. The van der Waals surface area contributed by atoms with Crippen molar-refractivity contribution in [3.63, 3.8) is 0 Å². The molecule has 1 rings (SSSR count). The Morgan fingerprint density at radius 3 is 2.38 bits per heavy atom. The summed E-state index contributed by atoms with van der Waals surface area (Å²) in [5.74, 6) is 4.51. The molecular weight excluding hydrogens is 212 g/mol. The van der Waals surface area contributed by atoms with Crippen LogP contribution in [0, 0.1) is 11.5 Å². The molecule has 0 spiro atoms. The Morgan fingerprint density at radius 1 is 1.19 bits per heavy atom. The molecule has 0 fully saturated rings. The van der Waals surface area contributed by atoms with Crippen molar-refractivity contribution < 1.29 is 4.74 Å². The van der Waals surface area contributed by atoms with Crippen molar-refractivity contribution in [1.82, 2.24) is 0 Å². The number of benzene rings is 1. The van der Waals surface area contributed by atoms with Crippen LogP contribution in [0.4, 0.5) is 0 Å². The van der Waals surface area contributed by atoms with Crippen LogP contribution in [0.2, 0.25) is 19.6 Å². The SMILES string of the molecule is COc1ccccc1C(C)C#C[Si](C)(C)C. The largest absolute Gasteiger partial charge is 0.496 e. The van der Waals surface area contributed by atoms with Crippen LogP contribution >= 0.6 is 0 Å². The van der Waals surface area contributed by atoms with Gasteiger partial charge in [0.05, 0.1) is 7.11 Å². The average molecular weight is 232 g/mol. The molecule has 86 valence electrons. The monoisotopic (exact) mass is 232 g/mol. The smallest absolute Gasteiger partial charge is 0.129 e. The average Bonchev–Trinajstić information content (AvgIpc) is 2.25. The van der Waals surface area contributed by atoms with E-state index < -0.39 is 8.07 Å². The lowest BCUT2D eigenvalue weighted by atomic mass is 10.0. The first-order valence-electron chi connectivity index (χ1n) is 5.59. The summed E-state index contributed by atoms with van der Waals surface area (Å²) in [5.41, 5.74) is 4.58. The van der Waals surface area contributed by atoms with Crippen molar-refractivity contribution in [3.05, 3.63) is 29.8 Å². The lowest BCUT2D eigenvalue weighted by Crippen LogP contribution is -2.16. The van der Waals surface area contributed by atoms with Gasteiger partial charge in [0.1, 0.15) is 13.8 Å². The quantitative estimate of drug-likeness (QED) is 0.558. The van der Waals surface area contributed by atoms with Gasteiger partial charge in [0, 0.05) is 11.5 Å². The summed E-state index contributed by atoms with van der Waals surface area (Å²) in [6.07, 6.45) is 0. The van der Waals surface area contributed by atoms with Crippen LogP contribution < -0.4 is 4.74 Å². The summed E-state index contributed by atoms with van der Waals surface area (Å²) in [4.78, 5) is 0. The van der Waals surface area contributed by atoms with E-state index in [4.69, 9.17) is 4.74 Å². The minimum Gasteiger partial charge on any atom is -0.496 e. The summed E-state index contributed by atoms with van der Waals surface area (Å²) in [5, 5.41) is 0. The summed E-state index contributed by atoms with van der Waals surface area (Å²) < 4.78 is 5.34. The molecule has 1 aromatic carbocycles. The van der Waals surface area contributed by atoms with Gasteiger partial charge in [0.25, 0.3) is 0 Å². The molecule has 0 bridgehead atoms. The van der Waals surface area contributed by atoms with Crippen molar-refractivity contribution in [2.24, 2.45) is 0 Å². The lowest BCUT2D eigenvalue weighted by molar-refractivity contribution is 0.409. The fraction of sp³-hybridized carbons (Fsp3) is 0.429. The zero-order valence-corrected chi connectivity index (χ0v) is 11.8. The van der Waals surface area contributed by atoms with Gasteiger partial charge in [-0.25, -0.2) is 0 Å². The van der Waals surface area contributed by atoms with Crippen LogP contribution in [-0.4, -0.2) is 15.2 Å². The van der Waals surface area contributed by atoms with Crippen molar-refractivity contribution >= 4 is 8.07 Å². The van der Waals surface area contributed by atoms with Gasteiger partial charge in [-0.1, -0.05) is 37.8 Å². The second-order valence-electron chi connectivity index (χ2n) is 4.98. The third-order valence-corrected chi connectivity index (χ3v) is 3.16. The molecule has 0 saturated carbocycles. The summed E-state index contributed by atoms with van der Waals surface area (Å²) >= 11 is 0. The van der Waals surface area contributed by atoms with E-state index in [9.17, 15) is 0 Å². The highest BCUT2D eigenvalue weighted by Gasteiger charge is 2.11. The Kier molecular flexibility index (Phi) is 4.20. The molecule has 0 amide bonds. The predicted molar refractivity (Wildman–Crippen MR) is 72.5 cm³/mol. The molecule has 2 heteroatoms. The van der Waals surface area contributed by atoms with E-state index in [1.807, 2.05) is 18.2 Å². The Hall–Kier alpha value is -1.20. The molecule has 0 heterocycles. The van der Waals surface area contributed by atoms with E-state index >= 15 is 0 Å². The van der Waals surface area contributed by atoms with Gasteiger partial charge in [0.15, 0.2) is 0 Å². The van der Waals surface area contributed by atoms with Crippen LogP contribution in [0.25, 0.3) is 0 Å². The lowest BCUT2D eigenvalue weighted by Gasteiger charge is -2.11. The topological polar surface area (TPSA) is 9.23 Å². The highest BCUT2D eigenvalue weighted by atomic mass is 28.3. The summed E-state index contributed by atoms with van der Waals surface area (Å²) in [7, 11) is 0.423. The first kappa shape index (κ1) is 12.9. The van der Waals surface area contributed by atoms with Crippen LogP contribution in [0.3, 0.4) is 0 Å². The Morgan fingerprint density at radius 2 is 1.81 bits per heavy atom. The van der Waals surface area contributed by atoms with Gasteiger partial charge in [-0.3, -0.25) is 0 Å². The maximum absolute atomic E-state index is 5.34. The normalized spacial score (nSPS) is 12.6. The van der Waals surface area contributed by atoms with Crippen molar-refractivity contribution in [2.75, 3.05) is 7.11 Å². The molecule has 0 aromatic heterocycles. The molecule has 0 aliphatic heterocycles. The molecule has 1 aromatic rings. The minimum atomic E-state index is -1.28. The molecule has 1 atom stereocenters. The zero-order valence-electron chi connectivity index (χ0n) is 10.8. The molecule has 0 aliphatic rings. The molecule has 0 radical (unpaired) electrons. The second-order valence-corrected chi connectivity index (χ2v) is 9.73. The number of methoxy groups -OCH3 is 1. The number of hydrogen-bond acceptors (Lipinski definition) is 1. The number of hydrogen-bond donors (Lipinski definition) is 0. The van der Waals surface area contributed by atoms with Crippen molar-refractivity contribution in [2.45, 2.75) is 32.5 Å². The van der Waals surface area contributed by atoms with Crippen molar-refractivity contribution in [1.29, 1.82) is 0 Å². The predicted octanol–water partition coefficient (Wildman–Crippen LogP) is 3.68. The number of ether oxygens (including phenoxy) is 1. The van der Waals surface area contributed by atoms with Crippen LogP contribution in [0.1, 0.15) is 18.4 Å². The van der Waals surface area contributed by atoms with Gasteiger partial charge in [-0.05, 0) is 13.0 Å². The Labute approximate surface area is 99.8 Å². The van der Waals surface area contributed by atoms with E-state index in [0.29, 0.717) is 0 Å². The number of para-hydroxylation sites is 1. The van der Waals surface area contributed by atoms with Crippen LogP contribution in [-0.2, 0) is 0 Å². The van der Waals surface area contributed by atoms with E-state index in [2.05, 4.69) is 44.1 Å². The molecule has 1 nitrogen and oxygen atoms in total. The molecular formula is C14H20OSi. The van der Waals surface area contributed by atoms with E-state index in [1.165, 1.54) is 5.56 Å². The maximum Gasteiger partial charge on any atom is 0.129 e. The highest BCUT2D eigenvalue weighted by Crippen LogP contribution is 2.25. The van der Waals surface area contributed by atoms with Crippen LogP contribution in [0.5, 0.6) is 5.75 Å². The first-order valence-corrected chi connectivity index (χ1v) is 9.09. The fourth-order valence-corrected chi connectivity index (χ4v) is 2.08. The fourth-order valence-electron chi connectivity index (χ4n) is 1.43. The van der Waals surface area contributed by atoms with Gasteiger partial charge in [-0.15, -0.1) is 11.5 Å². The first-order chi connectivity index (χ1) is 7.44. The second kappa shape index (κ2) is 5.22. The Bertz CT molecular complexity index is 407. The standard InChI is InChI=1S/C14H20OSi/c1-12(10-11-16(3,4)5)13-8-6-7-9-14(13)15-2/h6-9,12H,1-5H3. The molecule has 16 heavy (non-hydrogen) atoms. The minimum absolute atomic E-state index is 0.239. The maximum atomic E-state index is 5.34. The van der Waals surface area contributed by atoms with E-state index in [0.717, 1.165) is 5.75 Å². The zero-order chi connectivity index (χ0) is 12.2. The molecule has 1 unspecified atom stereocenters. The number of rotatable bonds is 2. The third-order valence-electron chi connectivity index (χ3n) is 2.27. The van der Waals surface area contributed by atoms with Crippen LogP contribution in [0.15, 0.2) is 24.3 Å². The highest BCUT2D eigenvalue weighted by molar-refractivity contribution is 6.83. The molecule has 0 saturated heterocycles. The van der Waals surface area contributed by atoms with E-state index in [-0.39, 0.29) is 5.92 Å². The third kappa shape index (κ3) is 3.75. The van der Waals surface area contributed by atoms with Gasteiger partial charge < -0.3 is 4.74 Å². The molecule has 0 N–H and O–H groups in total.